The third kappa shape index (κ3) is 6.81. The van der Waals surface area contributed by atoms with Crippen LogP contribution in [0.1, 0.15) is 24.8 Å². The summed E-state index contributed by atoms with van der Waals surface area (Å²) in [6.45, 7) is 8.43. The Morgan fingerprint density at radius 2 is 1.58 bits per heavy atom. The quantitative estimate of drug-likeness (QED) is 0.730. The molecule has 2 fully saturated rings. The van der Waals surface area contributed by atoms with E-state index in [1.54, 1.807) is 0 Å². The highest BCUT2D eigenvalue weighted by Crippen LogP contribution is 2.19. The monoisotopic (exact) mass is 420 g/mol. The van der Waals surface area contributed by atoms with Gasteiger partial charge < -0.3 is 15.1 Å². The molecule has 2 amide bonds. The second-order valence-electron chi connectivity index (χ2n) is 8.98. The molecule has 0 aliphatic carbocycles. The number of para-hydroxylation sites is 1. The zero-order valence-electron chi connectivity index (χ0n) is 18.6. The number of aryl methyl sites for hydroxylation is 1. The van der Waals surface area contributed by atoms with Crippen molar-refractivity contribution in [2.75, 3.05) is 57.7 Å². The van der Waals surface area contributed by atoms with Gasteiger partial charge in [-0.15, -0.1) is 0 Å². The first-order chi connectivity index (χ1) is 15.3. The minimum atomic E-state index is 0.0214. The number of piperazine rings is 1. The van der Waals surface area contributed by atoms with E-state index in [1.165, 1.54) is 57.4 Å². The van der Waals surface area contributed by atoms with E-state index in [9.17, 15) is 4.79 Å². The molecule has 5 nitrogen and oxygen atoms in total. The molecular weight excluding hydrogens is 384 g/mol. The fraction of sp³-hybridized carbons (Fsp3) is 0.500. The van der Waals surface area contributed by atoms with Crippen molar-refractivity contribution < 1.29 is 4.79 Å². The first kappa shape index (κ1) is 21.8. The molecule has 2 aliphatic heterocycles. The van der Waals surface area contributed by atoms with E-state index < -0.39 is 0 Å². The van der Waals surface area contributed by atoms with Gasteiger partial charge in [-0.1, -0.05) is 48.5 Å². The molecule has 2 aliphatic rings. The molecule has 1 atom stereocenters. The number of likely N-dealkylation sites (tertiary alicyclic amines) is 1. The van der Waals surface area contributed by atoms with Crippen molar-refractivity contribution in [3.05, 3.63) is 66.2 Å². The molecule has 2 heterocycles. The van der Waals surface area contributed by atoms with Gasteiger partial charge in [-0.2, -0.15) is 0 Å². The summed E-state index contributed by atoms with van der Waals surface area (Å²) in [5.41, 5.74) is 2.31. The minimum Gasteiger partial charge on any atom is -0.322 e. The van der Waals surface area contributed by atoms with E-state index in [2.05, 4.69) is 45.4 Å². The van der Waals surface area contributed by atoms with E-state index in [-0.39, 0.29) is 6.03 Å². The molecule has 0 aromatic heterocycles. The first-order valence-electron chi connectivity index (χ1n) is 11.9. The zero-order chi connectivity index (χ0) is 21.3. The average molecular weight is 421 g/mol. The Balaban J connectivity index is 1.15. The highest BCUT2D eigenvalue weighted by atomic mass is 16.2. The maximum atomic E-state index is 12.5. The van der Waals surface area contributed by atoms with Gasteiger partial charge in [0, 0.05) is 45.0 Å². The number of amides is 2. The summed E-state index contributed by atoms with van der Waals surface area (Å²) in [6.07, 6.45) is 5.07. The van der Waals surface area contributed by atoms with Gasteiger partial charge in [0.05, 0.1) is 0 Å². The van der Waals surface area contributed by atoms with Gasteiger partial charge in [-0.05, 0) is 62.4 Å². The molecule has 0 spiro atoms. The molecule has 2 aromatic carbocycles. The van der Waals surface area contributed by atoms with Gasteiger partial charge in [0.15, 0.2) is 0 Å². The van der Waals surface area contributed by atoms with E-state index in [0.717, 1.165) is 37.8 Å². The maximum Gasteiger partial charge on any atom is 0.321 e. The van der Waals surface area contributed by atoms with Crippen LogP contribution >= 0.6 is 0 Å². The van der Waals surface area contributed by atoms with Crippen LogP contribution in [0.25, 0.3) is 0 Å². The number of rotatable bonds is 7. The Morgan fingerprint density at radius 1 is 0.871 bits per heavy atom. The molecular formula is C26H36N4O. The Hall–Kier alpha value is -2.37. The lowest BCUT2D eigenvalue weighted by atomic mass is 9.96. The second kappa shape index (κ2) is 11.3. The van der Waals surface area contributed by atoms with Crippen LogP contribution in [0.15, 0.2) is 60.7 Å². The number of nitrogens with one attached hydrogen (secondary N) is 1. The number of anilines is 1. The lowest BCUT2D eigenvalue weighted by molar-refractivity contribution is 0.101. The lowest BCUT2D eigenvalue weighted by Gasteiger charge is -2.39. The Labute approximate surface area is 187 Å². The van der Waals surface area contributed by atoms with E-state index in [1.807, 2.05) is 35.2 Å². The molecule has 2 aromatic rings. The molecule has 4 rings (SSSR count). The van der Waals surface area contributed by atoms with Crippen LogP contribution in [-0.4, -0.2) is 73.1 Å². The van der Waals surface area contributed by atoms with Gasteiger partial charge in [0.1, 0.15) is 0 Å². The normalized spacial score (nSPS) is 20.5. The molecule has 0 radical (unpaired) electrons. The van der Waals surface area contributed by atoms with Crippen molar-refractivity contribution >= 4 is 11.7 Å². The molecule has 0 bridgehead atoms. The highest BCUT2D eigenvalue weighted by molar-refractivity contribution is 5.89. The lowest BCUT2D eigenvalue weighted by Crippen LogP contribution is -2.52. The maximum absolute atomic E-state index is 12.5. The summed E-state index contributed by atoms with van der Waals surface area (Å²) in [7, 11) is 0. The van der Waals surface area contributed by atoms with Gasteiger partial charge in [0.2, 0.25) is 0 Å². The Morgan fingerprint density at radius 3 is 2.32 bits per heavy atom. The highest BCUT2D eigenvalue weighted by Gasteiger charge is 2.25. The number of benzene rings is 2. The fourth-order valence-corrected chi connectivity index (χ4v) is 4.88. The van der Waals surface area contributed by atoms with E-state index in [4.69, 9.17) is 0 Å². The van der Waals surface area contributed by atoms with Gasteiger partial charge in [-0.25, -0.2) is 4.79 Å². The number of urea groups is 1. The molecule has 5 heteroatoms. The van der Waals surface area contributed by atoms with Gasteiger partial charge in [0.25, 0.3) is 0 Å². The van der Waals surface area contributed by atoms with Crippen molar-refractivity contribution in [3.63, 3.8) is 0 Å². The minimum absolute atomic E-state index is 0.0214. The van der Waals surface area contributed by atoms with Crippen LogP contribution < -0.4 is 5.32 Å². The van der Waals surface area contributed by atoms with Crippen molar-refractivity contribution in [1.82, 2.24) is 14.7 Å². The summed E-state index contributed by atoms with van der Waals surface area (Å²) in [6, 6.07) is 20.6. The standard InChI is InChI=1S/C26H36N4O/c31-26(27-25-13-5-2-6-14-25)30-19-17-29(18-20-30)22-24-12-8-16-28(21-24)15-7-11-23-9-3-1-4-10-23/h1-6,9-10,13-14,24H,7-8,11-12,15-22H2,(H,27,31)/t24-/m1/s1. The van der Waals surface area contributed by atoms with Crippen molar-refractivity contribution in [2.45, 2.75) is 25.7 Å². The van der Waals surface area contributed by atoms with Crippen LogP contribution in [0.3, 0.4) is 0 Å². The van der Waals surface area contributed by atoms with Crippen LogP contribution in [0, 0.1) is 5.92 Å². The van der Waals surface area contributed by atoms with Gasteiger partial charge in [-0.3, -0.25) is 4.90 Å². The van der Waals surface area contributed by atoms with Crippen LogP contribution in [0.5, 0.6) is 0 Å². The summed E-state index contributed by atoms with van der Waals surface area (Å²) in [4.78, 5) is 19.7. The Bertz CT molecular complexity index is 790. The number of piperidine rings is 1. The number of hydrogen-bond acceptors (Lipinski definition) is 3. The summed E-state index contributed by atoms with van der Waals surface area (Å²) in [5, 5.41) is 3.01. The number of carbonyl (C=O) groups excluding carboxylic acids is 1. The van der Waals surface area contributed by atoms with Crippen LogP contribution in [0.4, 0.5) is 10.5 Å². The number of nitrogens with zero attached hydrogens (tertiary/aromatic N) is 3. The number of carbonyl (C=O) groups is 1. The first-order valence-corrected chi connectivity index (χ1v) is 11.9. The van der Waals surface area contributed by atoms with Crippen molar-refractivity contribution in [2.24, 2.45) is 5.92 Å². The predicted octanol–water partition coefficient (Wildman–Crippen LogP) is 4.18. The van der Waals surface area contributed by atoms with E-state index >= 15 is 0 Å². The number of hydrogen-bond donors (Lipinski definition) is 1. The summed E-state index contributed by atoms with van der Waals surface area (Å²) < 4.78 is 0. The molecule has 1 N–H and O–H groups in total. The van der Waals surface area contributed by atoms with Gasteiger partial charge >= 0.3 is 6.03 Å². The van der Waals surface area contributed by atoms with Crippen LogP contribution in [0.2, 0.25) is 0 Å². The zero-order valence-corrected chi connectivity index (χ0v) is 18.6. The second-order valence-corrected chi connectivity index (χ2v) is 8.98. The van der Waals surface area contributed by atoms with Crippen LogP contribution in [-0.2, 0) is 6.42 Å². The third-order valence-corrected chi connectivity index (χ3v) is 6.59. The smallest absolute Gasteiger partial charge is 0.321 e. The largest absolute Gasteiger partial charge is 0.322 e. The third-order valence-electron chi connectivity index (χ3n) is 6.59. The molecule has 2 saturated heterocycles. The van der Waals surface area contributed by atoms with E-state index in [0.29, 0.717) is 0 Å². The Kier molecular flexibility index (Phi) is 7.97. The summed E-state index contributed by atoms with van der Waals surface area (Å²) in [5.74, 6) is 0.759. The molecule has 166 valence electrons. The fourth-order valence-electron chi connectivity index (χ4n) is 4.88. The molecule has 0 saturated carbocycles. The predicted molar refractivity (Wildman–Crippen MR) is 127 cm³/mol. The van der Waals surface area contributed by atoms with Crippen molar-refractivity contribution in [3.8, 4) is 0 Å². The summed E-state index contributed by atoms with van der Waals surface area (Å²) >= 11 is 0. The van der Waals surface area contributed by atoms with Crippen molar-refractivity contribution in [1.29, 1.82) is 0 Å². The molecule has 0 unspecified atom stereocenters. The topological polar surface area (TPSA) is 38.8 Å². The average Bonchev–Trinajstić information content (AvgIpc) is 2.81. The SMILES string of the molecule is O=C(Nc1ccccc1)N1CCN(C[C@@H]2CCCN(CCCc3ccccc3)C2)CC1. The molecule has 31 heavy (non-hydrogen) atoms.